The van der Waals surface area contributed by atoms with Crippen LogP contribution in [0, 0.1) is 0 Å². The minimum absolute atomic E-state index is 0.324. The van der Waals surface area contributed by atoms with E-state index < -0.39 is 0 Å². The Labute approximate surface area is 109 Å². The van der Waals surface area contributed by atoms with Crippen molar-refractivity contribution in [1.82, 2.24) is 20.7 Å². The second kappa shape index (κ2) is 7.48. The fraction of sp³-hybridized carbons (Fsp3) is 0.846. The van der Waals surface area contributed by atoms with Crippen LogP contribution in [0.3, 0.4) is 0 Å². The molecule has 1 aromatic rings. The second-order valence-electron chi connectivity index (χ2n) is 4.97. The molecule has 0 aliphatic carbocycles. The van der Waals surface area contributed by atoms with Gasteiger partial charge >= 0.3 is 0 Å². The van der Waals surface area contributed by atoms with E-state index in [1.807, 2.05) is 6.20 Å². The van der Waals surface area contributed by atoms with Gasteiger partial charge in [0, 0.05) is 6.61 Å². The molecule has 1 aliphatic heterocycles. The number of ether oxygens (including phenoxy) is 1. The summed E-state index contributed by atoms with van der Waals surface area (Å²) in [5.74, 6) is 0. The molecule has 0 spiro atoms. The van der Waals surface area contributed by atoms with Crippen LogP contribution in [0.15, 0.2) is 6.20 Å². The van der Waals surface area contributed by atoms with Gasteiger partial charge in [-0.1, -0.05) is 6.92 Å². The Balaban J connectivity index is 1.74. The molecule has 2 N–H and O–H groups in total. The van der Waals surface area contributed by atoms with Crippen molar-refractivity contribution < 1.29 is 4.74 Å². The molecule has 5 heteroatoms. The van der Waals surface area contributed by atoms with Gasteiger partial charge in [0.25, 0.3) is 0 Å². The second-order valence-corrected chi connectivity index (χ2v) is 4.97. The lowest BCUT2D eigenvalue weighted by Gasteiger charge is -2.17. The van der Waals surface area contributed by atoms with Gasteiger partial charge in [0.15, 0.2) is 0 Å². The fourth-order valence-corrected chi connectivity index (χ4v) is 2.47. The van der Waals surface area contributed by atoms with E-state index in [2.05, 4.69) is 27.7 Å². The van der Waals surface area contributed by atoms with Crippen LogP contribution in [0.1, 0.15) is 57.2 Å². The highest BCUT2D eigenvalue weighted by Crippen LogP contribution is 2.21. The van der Waals surface area contributed by atoms with Gasteiger partial charge in [0.1, 0.15) is 0 Å². The lowest BCUT2D eigenvalue weighted by Crippen LogP contribution is -2.23. The lowest BCUT2D eigenvalue weighted by atomic mass is 10.0. The monoisotopic (exact) mass is 252 g/mol. The SMILES string of the molecule is CCCNC(CCCC1CCCO1)c1cn[nH]n1. The van der Waals surface area contributed by atoms with Crippen LogP contribution in [0.25, 0.3) is 0 Å². The van der Waals surface area contributed by atoms with Gasteiger partial charge in [-0.25, -0.2) is 0 Å². The number of nitrogens with zero attached hydrogens (tertiary/aromatic N) is 2. The summed E-state index contributed by atoms with van der Waals surface area (Å²) in [7, 11) is 0. The number of nitrogens with one attached hydrogen (secondary N) is 2. The maximum atomic E-state index is 5.65. The fourth-order valence-electron chi connectivity index (χ4n) is 2.47. The van der Waals surface area contributed by atoms with Crippen LogP contribution >= 0.6 is 0 Å². The molecule has 0 saturated carbocycles. The largest absolute Gasteiger partial charge is 0.378 e. The van der Waals surface area contributed by atoms with Crippen molar-refractivity contribution in [2.75, 3.05) is 13.2 Å². The molecule has 2 heterocycles. The Hall–Kier alpha value is -0.940. The number of hydrogen-bond donors (Lipinski definition) is 2. The minimum Gasteiger partial charge on any atom is -0.378 e. The average molecular weight is 252 g/mol. The van der Waals surface area contributed by atoms with Crippen molar-refractivity contribution in [3.63, 3.8) is 0 Å². The molecular weight excluding hydrogens is 228 g/mol. The summed E-state index contributed by atoms with van der Waals surface area (Å²) in [6.45, 7) is 4.15. The van der Waals surface area contributed by atoms with E-state index in [-0.39, 0.29) is 0 Å². The van der Waals surface area contributed by atoms with Crippen LogP contribution in [0.2, 0.25) is 0 Å². The number of rotatable bonds is 8. The first kappa shape index (κ1) is 13.5. The molecule has 2 rings (SSSR count). The van der Waals surface area contributed by atoms with Crippen molar-refractivity contribution in [3.05, 3.63) is 11.9 Å². The molecule has 102 valence electrons. The van der Waals surface area contributed by atoms with E-state index in [0.29, 0.717) is 12.1 Å². The molecule has 1 fully saturated rings. The molecular formula is C13H24N4O. The third-order valence-electron chi connectivity index (χ3n) is 3.47. The maximum Gasteiger partial charge on any atom is 0.0993 e. The molecule has 0 bridgehead atoms. The first-order valence-corrected chi connectivity index (χ1v) is 7.10. The molecule has 1 aromatic heterocycles. The van der Waals surface area contributed by atoms with Crippen LogP contribution in [0.4, 0.5) is 0 Å². The van der Waals surface area contributed by atoms with E-state index in [0.717, 1.165) is 31.7 Å². The Morgan fingerprint density at radius 2 is 2.56 bits per heavy atom. The Bertz CT molecular complexity index is 309. The van der Waals surface area contributed by atoms with Crippen LogP contribution in [-0.4, -0.2) is 34.7 Å². The molecule has 18 heavy (non-hydrogen) atoms. The van der Waals surface area contributed by atoms with Crippen molar-refractivity contribution in [2.45, 2.75) is 57.6 Å². The van der Waals surface area contributed by atoms with E-state index in [1.54, 1.807) is 0 Å². The molecule has 0 radical (unpaired) electrons. The molecule has 1 aliphatic rings. The number of H-pyrrole nitrogens is 1. The van der Waals surface area contributed by atoms with E-state index >= 15 is 0 Å². The maximum absolute atomic E-state index is 5.65. The third kappa shape index (κ3) is 4.07. The summed E-state index contributed by atoms with van der Waals surface area (Å²) in [4.78, 5) is 0. The molecule has 1 saturated heterocycles. The van der Waals surface area contributed by atoms with Crippen molar-refractivity contribution in [1.29, 1.82) is 0 Å². The summed E-state index contributed by atoms with van der Waals surface area (Å²) in [5.41, 5.74) is 1.02. The summed E-state index contributed by atoms with van der Waals surface area (Å²) in [6.07, 6.45) is 9.37. The predicted molar refractivity (Wildman–Crippen MR) is 70.2 cm³/mol. The highest BCUT2D eigenvalue weighted by atomic mass is 16.5. The normalized spacial score (nSPS) is 21.3. The van der Waals surface area contributed by atoms with Gasteiger partial charge < -0.3 is 10.1 Å². The van der Waals surface area contributed by atoms with Gasteiger partial charge in [-0.05, 0) is 45.1 Å². The highest BCUT2D eigenvalue weighted by molar-refractivity contribution is 4.99. The first-order valence-electron chi connectivity index (χ1n) is 7.10. The standard InChI is InChI=1S/C13H24N4O/c1-2-8-14-12(13-10-15-17-16-13)7-3-5-11-6-4-9-18-11/h10-12,14H,2-9H2,1H3,(H,15,16,17). The number of aromatic nitrogens is 3. The zero-order valence-electron chi connectivity index (χ0n) is 11.2. The quantitative estimate of drug-likeness (QED) is 0.744. The van der Waals surface area contributed by atoms with Gasteiger partial charge in [-0.2, -0.15) is 15.4 Å². The van der Waals surface area contributed by atoms with Gasteiger partial charge in [0.2, 0.25) is 0 Å². The number of hydrogen-bond acceptors (Lipinski definition) is 4. The van der Waals surface area contributed by atoms with Crippen LogP contribution in [-0.2, 0) is 4.74 Å². The van der Waals surface area contributed by atoms with Gasteiger partial charge in [-0.15, -0.1) is 0 Å². The summed E-state index contributed by atoms with van der Waals surface area (Å²) in [5, 5.41) is 14.3. The van der Waals surface area contributed by atoms with Crippen molar-refractivity contribution in [3.8, 4) is 0 Å². The number of aromatic amines is 1. The molecule has 0 aromatic carbocycles. The summed E-state index contributed by atoms with van der Waals surface area (Å²) < 4.78 is 5.65. The van der Waals surface area contributed by atoms with Crippen LogP contribution in [0.5, 0.6) is 0 Å². The minimum atomic E-state index is 0.324. The van der Waals surface area contributed by atoms with E-state index in [9.17, 15) is 0 Å². The van der Waals surface area contributed by atoms with Crippen molar-refractivity contribution >= 4 is 0 Å². The lowest BCUT2D eigenvalue weighted by molar-refractivity contribution is 0.101. The van der Waals surface area contributed by atoms with E-state index in [4.69, 9.17) is 4.74 Å². The molecule has 0 amide bonds. The average Bonchev–Trinajstić information content (AvgIpc) is 3.05. The highest BCUT2D eigenvalue weighted by Gasteiger charge is 2.17. The van der Waals surface area contributed by atoms with Gasteiger partial charge in [-0.3, -0.25) is 0 Å². The topological polar surface area (TPSA) is 62.8 Å². The smallest absolute Gasteiger partial charge is 0.0993 e. The third-order valence-corrected chi connectivity index (χ3v) is 3.47. The molecule has 2 atom stereocenters. The Morgan fingerprint density at radius 3 is 3.22 bits per heavy atom. The first-order chi connectivity index (χ1) is 8.90. The zero-order valence-corrected chi connectivity index (χ0v) is 11.2. The predicted octanol–water partition coefficient (Wildman–Crippen LogP) is 2.19. The van der Waals surface area contributed by atoms with Crippen LogP contribution < -0.4 is 5.32 Å². The summed E-state index contributed by atoms with van der Waals surface area (Å²) in [6, 6.07) is 0.324. The summed E-state index contributed by atoms with van der Waals surface area (Å²) >= 11 is 0. The molecule has 2 unspecified atom stereocenters. The Morgan fingerprint density at radius 1 is 1.61 bits per heavy atom. The van der Waals surface area contributed by atoms with Gasteiger partial charge in [0.05, 0.1) is 24.0 Å². The Kier molecular flexibility index (Phi) is 5.61. The zero-order chi connectivity index (χ0) is 12.6. The van der Waals surface area contributed by atoms with Crippen molar-refractivity contribution in [2.24, 2.45) is 0 Å². The molecule has 5 nitrogen and oxygen atoms in total. The van der Waals surface area contributed by atoms with E-state index in [1.165, 1.54) is 25.7 Å².